The molecule has 6 nitrogen and oxygen atoms in total. The van der Waals surface area contributed by atoms with Gasteiger partial charge in [0.1, 0.15) is 0 Å². The van der Waals surface area contributed by atoms with Gasteiger partial charge in [0.05, 0.1) is 29.4 Å². The molecule has 0 saturated heterocycles. The molecule has 0 bridgehead atoms. The summed E-state index contributed by atoms with van der Waals surface area (Å²) in [7, 11) is 1.12. The first-order chi connectivity index (χ1) is 10.7. The van der Waals surface area contributed by atoms with Crippen LogP contribution < -0.4 is 5.56 Å². The van der Waals surface area contributed by atoms with Crippen molar-refractivity contribution in [2.45, 2.75) is 12.7 Å². The van der Waals surface area contributed by atoms with Gasteiger partial charge in [-0.15, -0.1) is 0 Å². The van der Waals surface area contributed by atoms with Gasteiger partial charge < -0.3 is 4.74 Å². The lowest BCUT2D eigenvalue weighted by Crippen LogP contribution is -2.28. The first kappa shape index (κ1) is 17.1. The zero-order valence-electron chi connectivity index (χ0n) is 11.6. The molecule has 0 aliphatic carbocycles. The molecule has 0 spiro atoms. The van der Waals surface area contributed by atoms with Crippen LogP contribution in [0.3, 0.4) is 0 Å². The summed E-state index contributed by atoms with van der Waals surface area (Å²) in [6.45, 7) is -0.544. The van der Waals surface area contributed by atoms with Crippen molar-refractivity contribution in [3.63, 3.8) is 0 Å². The van der Waals surface area contributed by atoms with Crippen molar-refractivity contribution >= 4 is 21.9 Å². The van der Waals surface area contributed by atoms with E-state index in [-0.39, 0.29) is 15.9 Å². The van der Waals surface area contributed by atoms with E-state index in [1.54, 1.807) is 0 Å². The molecule has 0 fully saturated rings. The van der Waals surface area contributed by atoms with Crippen LogP contribution in [0.1, 0.15) is 21.7 Å². The number of hydrogen-bond donors (Lipinski definition) is 0. The minimum Gasteiger partial charge on any atom is -0.464 e. The Hall–Kier alpha value is -2.23. The molecular weight excluding hydrogens is 383 g/mol. The molecule has 10 heteroatoms. The van der Waals surface area contributed by atoms with E-state index in [9.17, 15) is 22.8 Å². The van der Waals surface area contributed by atoms with Crippen LogP contribution in [0.25, 0.3) is 0 Å². The molecule has 0 aliphatic heterocycles. The van der Waals surface area contributed by atoms with Gasteiger partial charge in [-0.2, -0.15) is 18.3 Å². The summed E-state index contributed by atoms with van der Waals surface area (Å²) < 4.78 is 44.1. The van der Waals surface area contributed by atoms with Crippen LogP contribution in [0.4, 0.5) is 13.2 Å². The molecule has 0 N–H and O–H groups in total. The van der Waals surface area contributed by atoms with Gasteiger partial charge in [-0.3, -0.25) is 9.78 Å². The first-order valence-corrected chi connectivity index (χ1v) is 6.90. The van der Waals surface area contributed by atoms with Crippen molar-refractivity contribution in [1.29, 1.82) is 0 Å². The monoisotopic (exact) mass is 391 g/mol. The van der Waals surface area contributed by atoms with Crippen molar-refractivity contribution in [3.05, 3.63) is 56.2 Å². The Morgan fingerprint density at radius 1 is 1.43 bits per heavy atom. The molecule has 23 heavy (non-hydrogen) atoms. The maximum Gasteiger partial charge on any atom is 0.418 e. The number of esters is 1. The second-order valence-corrected chi connectivity index (χ2v) is 5.18. The normalized spacial score (nSPS) is 11.3. The summed E-state index contributed by atoms with van der Waals surface area (Å²) in [5.41, 5.74) is -2.28. The van der Waals surface area contributed by atoms with Crippen LogP contribution in [-0.4, -0.2) is 27.8 Å². The van der Waals surface area contributed by atoms with Crippen LogP contribution in [-0.2, 0) is 17.5 Å². The second-order valence-electron chi connectivity index (χ2n) is 4.33. The quantitative estimate of drug-likeness (QED) is 0.750. The first-order valence-electron chi connectivity index (χ1n) is 6.11. The van der Waals surface area contributed by atoms with Gasteiger partial charge in [0, 0.05) is 6.20 Å². The zero-order chi connectivity index (χ0) is 17.2. The molecule has 2 aromatic heterocycles. The smallest absolute Gasteiger partial charge is 0.418 e. The fraction of sp³-hybridized carbons (Fsp3) is 0.231. The third kappa shape index (κ3) is 3.76. The predicted molar refractivity (Wildman–Crippen MR) is 75.9 cm³/mol. The predicted octanol–water partition coefficient (Wildman–Crippen LogP) is 2.25. The maximum absolute atomic E-state index is 13.0. The number of halogens is 4. The number of aromatic nitrogens is 3. The molecule has 0 radical (unpaired) electrons. The largest absolute Gasteiger partial charge is 0.464 e. The van der Waals surface area contributed by atoms with Crippen LogP contribution in [0, 0.1) is 0 Å². The number of alkyl halides is 3. The summed E-state index contributed by atoms with van der Waals surface area (Å²) in [4.78, 5) is 27.1. The van der Waals surface area contributed by atoms with Crippen molar-refractivity contribution in [1.82, 2.24) is 14.8 Å². The third-order valence-electron chi connectivity index (χ3n) is 2.82. The Morgan fingerprint density at radius 2 is 2.13 bits per heavy atom. The highest BCUT2D eigenvalue weighted by Crippen LogP contribution is 2.31. The molecule has 122 valence electrons. The van der Waals surface area contributed by atoms with Gasteiger partial charge in [-0.1, -0.05) is 0 Å². The molecule has 2 heterocycles. The number of hydrogen-bond acceptors (Lipinski definition) is 5. The number of carbonyl (C=O) groups is 1. The van der Waals surface area contributed by atoms with E-state index in [1.807, 2.05) is 0 Å². The van der Waals surface area contributed by atoms with Gasteiger partial charge in [0.15, 0.2) is 5.69 Å². The summed E-state index contributed by atoms with van der Waals surface area (Å²) >= 11 is 2.94. The van der Waals surface area contributed by atoms with Gasteiger partial charge in [0.2, 0.25) is 0 Å². The van der Waals surface area contributed by atoms with Gasteiger partial charge in [-0.25, -0.2) is 9.48 Å². The number of rotatable bonds is 3. The number of carbonyl (C=O) groups excluding carboxylic acids is 1. The van der Waals surface area contributed by atoms with Crippen molar-refractivity contribution in [3.8, 4) is 0 Å². The van der Waals surface area contributed by atoms with Crippen molar-refractivity contribution in [2.24, 2.45) is 0 Å². The lowest BCUT2D eigenvalue weighted by molar-refractivity contribution is -0.138. The third-order valence-corrected chi connectivity index (χ3v) is 3.39. The van der Waals surface area contributed by atoms with E-state index < -0.39 is 29.8 Å². The SMILES string of the molecule is COC(=O)c1cc(Br)c(=O)n(Cc2ncccc2C(F)(F)F)n1. The fourth-order valence-electron chi connectivity index (χ4n) is 1.78. The van der Waals surface area contributed by atoms with Crippen LogP contribution in [0.15, 0.2) is 33.7 Å². The number of pyridine rings is 1. The molecular formula is C13H9BrF3N3O3. The molecule has 0 amide bonds. The average molecular weight is 392 g/mol. The molecule has 0 aliphatic rings. The average Bonchev–Trinajstić information content (AvgIpc) is 2.50. The van der Waals surface area contributed by atoms with Crippen LogP contribution in [0.2, 0.25) is 0 Å². The Kier molecular flexibility index (Phi) is 4.83. The molecule has 0 unspecified atom stereocenters. The lowest BCUT2D eigenvalue weighted by Gasteiger charge is -2.12. The van der Waals surface area contributed by atoms with Crippen molar-refractivity contribution < 1.29 is 22.7 Å². The molecule has 0 aromatic carbocycles. The second kappa shape index (κ2) is 6.49. The number of methoxy groups -OCH3 is 1. The minimum atomic E-state index is -4.62. The molecule has 0 saturated carbocycles. The van der Waals surface area contributed by atoms with E-state index in [2.05, 4.69) is 30.7 Å². The van der Waals surface area contributed by atoms with E-state index in [0.29, 0.717) is 4.68 Å². The summed E-state index contributed by atoms with van der Waals surface area (Å²) in [5.74, 6) is -0.823. The summed E-state index contributed by atoms with van der Waals surface area (Å²) in [6, 6.07) is 3.13. The number of nitrogens with zero attached hydrogens (tertiary/aromatic N) is 3. The van der Waals surface area contributed by atoms with Gasteiger partial charge in [0.25, 0.3) is 5.56 Å². The molecule has 0 atom stereocenters. The maximum atomic E-state index is 13.0. The highest BCUT2D eigenvalue weighted by Gasteiger charge is 2.34. The Labute approximate surface area is 136 Å². The topological polar surface area (TPSA) is 74.1 Å². The van der Waals surface area contributed by atoms with E-state index in [0.717, 1.165) is 25.3 Å². The van der Waals surface area contributed by atoms with Gasteiger partial charge >= 0.3 is 12.1 Å². The Morgan fingerprint density at radius 3 is 2.74 bits per heavy atom. The summed E-state index contributed by atoms with van der Waals surface area (Å²) in [6.07, 6.45) is -3.45. The zero-order valence-corrected chi connectivity index (χ0v) is 13.2. The Balaban J connectivity index is 2.51. The number of ether oxygens (including phenoxy) is 1. The highest BCUT2D eigenvalue weighted by atomic mass is 79.9. The van der Waals surface area contributed by atoms with Gasteiger partial charge in [-0.05, 0) is 34.1 Å². The summed E-state index contributed by atoms with van der Waals surface area (Å²) in [5, 5.41) is 3.71. The molecule has 2 aromatic rings. The molecule has 2 rings (SSSR count). The van der Waals surface area contributed by atoms with E-state index >= 15 is 0 Å². The van der Waals surface area contributed by atoms with Crippen molar-refractivity contribution in [2.75, 3.05) is 7.11 Å². The minimum absolute atomic E-state index is 0.0302. The fourth-order valence-corrected chi connectivity index (χ4v) is 2.21. The highest BCUT2D eigenvalue weighted by molar-refractivity contribution is 9.10. The van der Waals surface area contributed by atoms with E-state index in [4.69, 9.17) is 0 Å². The standard InChI is InChI=1S/C13H9BrF3N3O3/c1-23-12(22)9-5-8(14)11(21)20(19-9)6-10-7(13(15,16)17)3-2-4-18-10/h2-5H,6H2,1H3. The van der Waals surface area contributed by atoms with Crippen LogP contribution in [0.5, 0.6) is 0 Å². The lowest BCUT2D eigenvalue weighted by atomic mass is 10.2. The van der Waals surface area contributed by atoms with Crippen LogP contribution >= 0.6 is 15.9 Å². The van der Waals surface area contributed by atoms with E-state index in [1.165, 1.54) is 6.20 Å². The Bertz CT molecular complexity index is 805.